The highest BCUT2D eigenvalue weighted by Crippen LogP contribution is 1.87. The first-order valence-corrected chi connectivity index (χ1v) is 3.95. The lowest BCUT2D eigenvalue weighted by Gasteiger charge is -1.69. The molecule has 2 rings (SSSR count). The average Bonchev–Trinajstić information content (AvgIpc) is 2.41. The number of hydrogen-bond donors (Lipinski definition) is 0. The molecule has 0 aromatic heterocycles. The van der Waals surface area contributed by atoms with E-state index in [0.29, 0.717) is 0 Å². The van der Waals surface area contributed by atoms with Crippen LogP contribution in [0, 0.1) is 0 Å². The first-order chi connectivity index (χ1) is 3.47. The molecule has 1 heterocycles. The van der Waals surface area contributed by atoms with Gasteiger partial charge in [-0.25, -0.2) is 0 Å². The van der Waals surface area contributed by atoms with E-state index in [4.69, 9.17) is 0 Å². The Labute approximate surface area is 45.0 Å². The minimum atomic E-state index is 0.217. The van der Waals surface area contributed by atoms with Crippen LogP contribution < -0.4 is 10.4 Å². The monoisotopic (exact) mass is 106 g/mol. The maximum atomic E-state index is 2.24. The summed E-state index contributed by atoms with van der Waals surface area (Å²) in [5.74, 6) is 0. The molecule has 0 saturated carbocycles. The molecule has 0 unspecified atom stereocenters. The van der Waals surface area contributed by atoms with Crippen LogP contribution >= 0.6 is 0 Å². The molecule has 1 aliphatic rings. The molecule has 0 nitrogen and oxygen atoms in total. The standard InChI is InChI=1S/C6H6Si/c1-2-4-6-5(3-1)7-6/h1-4H,7H2. The van der Waals surface area contributed by atoms with Crippen molar-refractivity contribution in [1.29, 1.82) is 0 Å². The normalized spacial score (nSPS) is 13.1. The number of fused-ring (bicyclic) bond motifs is 1. The summed E-state index contributed by atoms with van der Waals surface area (Å²) in [7, 11) is 0.217. The fourth-order valence-corrected chi connectivity index (χ4v) is 1.90. The topological polar surface area (TPSA) is 0 Å². The zero-order chi connectivity index (χ0) is 4.69. The molecule has 0 spiro atoms. The van der Waals surface area contributed by atoms with Crippen molar-refractivity contribution in [3.05, 3.63) is 24.3 Å². The Bertz CT molecular complexity index is 172. The fourth-order valence-electron chi connectivity index (χ4n) is 0.836. The lowest BCUT2D eigenvalue weighted by molar-refractivity contribution is 1.87. The highest BCUT2D eigenvalue weighted by Gasteiger charge is 2.13. The molecule has 0 atom stereocenters. The third-order valence-electron chi connectivity index (χ3n) is 1.37. The molecule has 34 valence electrons. The summed E-state index contributed by atoms with van der Waals surface area (Å²) in [5, 5.41) is 3.34. The molecule has 1 aliphatic heterocycles. The molecular weight excluding hydrogens is 100 g/mol. The largest absolute Gasteiger partial charge is 0.0871 e. The van der Waals surface area contributed by atoms with E-state index < -0.39 is 0 Å². The maximum absolute atomic E-state index is 2.24. The van der Waals surface area contributed by atoms with Crippen LogP contribution in [-0.2, 0) is 0 Å². The summed E-state index contributed by atoms with van der Waals surface area (Å²) in [6.07, 6.45) is 0. The lowest BCUT2D eigenvalue weighted by Crippen LogP contribution is -1.83. The minimum Gasteiger partial charge on any atom is -0.0634 e. The quantitative estimate of drug-likeness (QED) is 0.383. The Hall–Kier alpha value is -0.563. The van der Waals surface area contributed by atoms with Crippen LogP contribution in [0.3, 0.4) is 0 Å². The SMILES string of the molecule is c1ccc2c(c1)[SiH2]2. The first kappa shape index (κ1) is 3.44. The average molecular weight is 106 g/mol. The second-order valence-corrected chi connectivity index (χ2v) is 3.82. The summed E-state index contributed by atoms with van der Waals surface area (Å²) in [5.41, 5.74) is 0. The van der Waals surface area contributed by atoms with Crippen LogP contribution in [0.5, 0.6) is 0 Å². The van der Waals surface area contributed by atoms with Gasteiger partial charge in [-0.3, -0.25) is 0 Å². The summed E-state index contributed by atoms with van der Waals surface area (Å²) >= 11 is 0. The van der Waals surface area contributed by atoms with Crippen LogP contribution in [-0.4, -0.2) is 9.52 Å². The minimum absolute atomic E-state index is 0.217. The summed E-state index contributed by atoms with van der Waals surface area (Å²) in [4.78, 5) is 0. The van der Waals surface area contributed by atoms with E-state index in [1.165, 1.54) is 0 Å². The van der Waals surface area contributed by atoms with Crippen molar-refractivity contribution in [2.75, 3.05) is 0 Å². The Morgan fingerprint density at radius 1 is 1.00 bits per heavy atom. The second-order valence-electron chi connectivity index (χ2n) is 1.95. The molecule has 0 radical (unpaired) electrons. The van der Waals surface area contributed by atoms with Gasteiger partial charge in [-0.15, -0.1) is 0 Å². The molecule has 0 N–H and O–H groups in total. The molecule has 0 saturated heterocycles. The highest BCUT2D eigenvalue weighted by molar-refractivity contribution is 6.86. The third-order valence-corrected chi connectivity index (χ3v) is 3.02. The summed E-state index contributed by atoms with van der Waals surface area (Å²) in [6, 6.07) is 8.72. The van der Waals surface area contributed by atoms with Gasteiger partial charge < -0.3 is 0 Å². The van der Waals surface area contributed by atoms with Crippen LogP contribution in [0.15, 0.2) is 24.3 Å². The number of benzene rings is 1. The van der Waals surface area contributed by atoms with E-state index in [1.807, 2.05) is 0 Å². The molecule has 1 aromatic carbocycles. The first-order valence-electron chi connectivity index (χ1n) is 2.53. The van der Waals surface area contributed by atoms with Crippen molar-refractivity contribution in [1.82, 2.24) is 0 Å². The molecule has 1 aromatic rings. The van der Waals surface area contributed by atoms with Crippen molar-refractivity contribution in [2.24, 2.45) is 0 Å². The molecule has 1 heteroatoms. The molecule has 0 amide bonds. The predicted octanol–water partition coefficient (Wildman–Crippen LogP) is -0.880. The highest BCUT2D eigenvalue weighted by atomic mass is 28.2. The van der Waals surface area contributed by atoms with Gasteiger partial charge in [0.15, 0.2) is 0 Å². The van der Waals surface area contributed by atoms with E-state index in [0.717, 1.165) is 0 Å². The smallest absolute Gasteiger partial charge is 0.0634 e. The Morgan fingerprint density at radius 3 is 2.00 bits per heavy atom. The van der Waals surface area contributed by atoms with Crippen molar-refractivity contribution >= 4 is 19.9 Å². The van der Waals surface area contributed by atoms with Crippen molar-refractivity contribution in [3.8, 4) is 0 Å². The molecule has 0 fully saturated rings. The fraction of sp³-hybridized carbons (Fsp3) is 0. The van der Waals surface area contributed by atoms with Crippen LogP contribution in [0.4, 0.5) is 0 Å². The summed E-state index contributed by atoms with van der Waals surface area (Å²) in [6.45, 7) is 0. The van der Waals surface area contributed by atoms with Gasteiger partial charge in [0, 0.05) is 0 Å². The van der Waals surface area contributed by atoms with Crippen LogP contribution in [0.2, 0.25) is 0 Å². The van der Waals surface area contributed by atoms with Gasteiger partial charge in [-0.2, -0.15) is 0 Å². The van der Waals surface area contributed by atoms with E-state index in [-0.39, 0.29) is 9.52 Å². The van der Waals surface area contributed by atoms with Gasteiger partial charge >= 0.3 is 0 Å². The zero-order valence-electron chi connectivity index (χ0n) is 4.02. The van der Waals surface area contributed by atoms with Gasteiger partial charge in [-0.1, -0.05) is 34.6 Å². The maximum Gasteiger partial charge on any atom is 0.0871 e. The van der Waals surface area contributed by atoms with Crippen molar-refractivity contribution in [2.45, 2.75) is 0 Å². The van der Waals surface area contributed by atoms with Crippen LogP contribution in [0.1, 0.15) is 0 Å². The van der Waals surface area contributed by atoms with E-state index in [9.17, 15) is 0 Å². The molecular formula is C6H6Si. The predicted molar refractivity (Wildman–Crippen MR) is 34.3 cm³/mol. The Balaban J connectivity index is 2.73. The summed E-state index contributed by atoms with van der Waals surface area (Å²) < 4.78 is 0. The van der Waals surface area contributed by atoms with Crippen LogP contribution in [0.25, 0.3) is 0 Å². The molecule has 0 aliphatic carbocycles. The van der Waals surface area contributed by atoms with Crippen molar-refractivity contribution in [3.63, 3.8) is 0 Å². The molecule has 0 bridgehead atoms. The second kappa shape index (κ2) is 0.983. The molecule has 7 heavy (non-hydrogen) atoms. The zero-order valence-corrected chi connectivity index (χ0v) is 5.43. The Kier molecular flexibility index (Phi) is 0.483. The number of hydrogen-bond acceptors (Lipinski definition) is 0. The van der Waals surface area contributed by atoms with E-state index in [2.05, 4.69) is 24.3 Å². The van der Waals surface area contributed by atoms with Gasteiger partial charge in [0.1, 0.15) is 0 Å². The van der Waals surface area contributed by atoms with E-state index in [1.54, 1.807) is 10.4 Å². The number of rotatable bonds is 0. The van der Waals surface area contributed by atoms with Crippen molar-refractivity contribution < 1.29 is 0 Å². The van der Waals surface area contributed by atoms with Gasteiger partial charge in [0.2, 0.25) is 0 Å². The van der Waals surface area contributed by atoms with Gasteiger partial charge in [0.05, 0.1) is 9.52 Å². The van der Waals surface area contributed by atoms with E-state index >= 15 is 0 Å². The van der Waals surface area contributed by atoms with Gasteiger partial charge in [-0.05, 0) is 0 Å². The third kappa shape index (κ3) is 0.415. The Morgan fingerprint density at radius 2 is 1.57 bits per heavy atom. The lowest BCUT2D eigenvalue weighted by atomic mass is 10.4. The van der Waals surface area contributed by atoms with Gasteiger partial charge in [0.25, 0.3) is 0 Å².